The van der Waals surface area contributed by atoms with Crippen molar-refractivity contribution in [3.8, 4) is 0 Å². The maximum Gasteiger partial charge on any atom is 0.326 e. The summed E-state index contributed by atoms with van der Waals surface area (Å²) in [6.07, 6.45) is 0.645. The summed E-state index contributed by atoms with van der Waals surface area (Å²) in [4.78, 5) is 22.7. The molecule has 1 amide bonds. The number of hydrogen-bond donors (Lipinski definition) is 2. The monoisotopic (exact) mass is 263 g/mol. The SMILES string of the molecule is CCC[C@H](NC(=O)C1CCC(F)(F)CC1)C(=O)O. The second-order valence-corrected chi connectivity index (χ2v) is 4.82. The largest absolute Gasteiger partial charge is 0.480 e. The average molecular weight is 263 g/mol. The molecule has 1 rings (SSSR count). The number of nitrogens with one attached hydrogen (secondary N) is 1. The molecule has 1 aliphatic carbocycles. The summed E-state index contributed by atoms with van der Waals surface area (Å²) >= 11 is 0. The molecular weight excluding hydrogens is 244 g/mol. The topological polar surface area (TPSA) is 66.4 Å². The van der Waals surface area contributed by atoms with E-state index in [1.165, 1.54) is 0 Å². The number of carbonyl (C=O) groups is 2. The molecule has 18 heavy (non-hydrogen) atoms. The zero-order chi connectivity index (χ0) is 13.8. The van der Waals surface area contributed by atoms with Gasteiger partial charge >= 0.3 is 5.97 Å². The van der Waals surface area contributed by atoms with Crippen molar-refractivity contribution >= 4 is 11.9 Å². The highest BCUT2D eigenvalue weighted by Crippen LogP contribution is 2.36. The molecule has 0 aliphatic heterocycles. The normalized spacial score (nSPS) is 21.3. The van der Waals surface area contributed by atoms with Gasteiger partial charge in [0, 0.05) is 18.8 Å². The molecule has 0 spiro atoms. The number of carboxylic acid groups (broad SMARTS) is 1. The first-order valence-corrected chi connectivity index (χ1v) is 6.26. The Labute approximate surface area is 105 Å². The molecule has 104 valence electrons. The van der Waals surface area contributed by atoms with Gasteiger partial charge in [-0.15, -0.1) is 0 Å². The number of carbonyl (C=O) groups excluding carboxylic acids is 1. The summed E-state index contributed by atoms with van der Waals surface area (Å²) in [7, 11) is 0. The number of rotatable bonds is 5. The standard InChI is InChI=1S/C12H19F2NO3/c1-2-3-9(11(17)18)15-10(16)8-4-6-12(13,14)7-5-8/h8-9H,2-7H2,1H3,(H,15,16)(H,17,18)/t9-/m0/s1. The van der Waals surface area contributed by atoms with Crippen molar-refractivity contribution < 1.29 is 23.5 Å². The van der Waals surface area contributed by atoms with Gasteiger partial charge in [-0.05, 0) is 19.3 Å². The van der Waals surface area contributed by atoms with Gasteiger partial charge in [0.25, 0.3) is 0 Å². The van der Waals surface area contributed by atoms with Gasteiger partial charge in [0.1, 0.15) is 6.04 Å². The summed E-state index contributed by atoms with van der Waals surface area (Å²) in [5.41, 5.74) is 0. The molecule has 0 aromatic rings. The van der Waals surface area contributed by atoms with E-state index in [1.54, 1.807) is 0 Å². The van der Waals surface area contributed by atoms with Gasteiger partial charge < -0.3 is 10.4 Å². The minimum atomic E-state index is -2.67. The lowest BCUT2D eigenvalue weighted by Crippen LogP contribution is -2.45. The smallest absolute Gasteiger partial charge is 0.326 e. The van der Waals surface area contributed by atoms with E-state index in [0.29, 0.717) is 12.8 Å². The Kier molecular flexibility index (Phi) is 5.04. The van der Waals surface area contributed by atoms with Crippen LogP contribution in [0.2, 0.25) is 0 Å². The summed E-state index contributed by atoms with van der Waals surface area (Å²) in [6, 6.07) is -0.912. The molecule has 0 radical (unpaired) electrons. The lowest BCUT2D eigenvalue weighted by molar-refractivity contribution is -0.143. The van der Waals surface area contributed by atoms with E-state index in [9.17, 15) is 18.4 Å². The van der Waals surface area contributed by atoms with Crippen LogP contribution in [-0.2, 0) is 9.59 Å². The molecule has 4 nitrogen and oxygen atoms in total. The Hall–Kier alpha value is -1.20. The minimum absolute atomic E-state index is 0.122. The van der Waals surface area contributed by atoms with Gasteiger partial charge in [-0.3, -0.25) is 4.79 Å². The van der Waals surface area contributed by atoms with E-state index in [1.807, 2.05) is 6.92 Å². The lowest BCUT2D eigenvalue weighted by atomic mass is 9.86. The first-order chi connectivity index (χ1) is 8.35. The maximum atomic E-state index is 12.9. The van der Waals surface area contributed by atoms with Gasteiger partial charge in [0.05, 0.1) is 0 Å². The van der Waals surface area contributed by atoms with Crippen molar-refractivity contribution in [1.29, 1.82) is 0 Å². The molecule has 0 unspecified atom stereocenters. The third kappa shape index (κ3) is 4.23. The number of halogens is 2. The zero-order valence-electron chi connectivity index (χ0n) is 10.4. The third-order valence-electron chi connectivity index (χ3n) is 3.28. The fourth-order valence-electron chi connectivity index (χ4n) is 2.14. The van der Waals surface area contributed by atoms with Gasteiger partial charge in [-0.1, -0.05) is 13.3 Å². The van der Waals surface area contributed by atoms with Crippen molar-refractivity contribution in [2.45, 2.75) is 57.4 Å². The van der Waals surface area contributed by atoms with Crippen molar-refractivity contribution in [1.82, 2.24) is 5.32 Å². The molecule has 0 saturated heterocycles. The number of alkyl halides is 2. The second kappa shape index (κ2) is 6.11. The van der Waals surface area contributed by atoms with Crippen molar-refractivity contribution in [3.63, 3.8) is 0 Å². The van der Waals surface area contributed by atoms with Gasteiger partial charge in [-0.2, -0.15) is 0 Å². The highest BCUT2D eigenvalue weighted by atomic mass is 19.3. The van der Waals surface area contributed by atoms with Crippen LogP contribution in [0.4, 0.5) is 8.78 Å². The van der Waals surface area contributed by atoms with Crippen LogP contribution in [0.1, 0.15) is 45.4 Å². The summed E-state index contributed by atoms with van der Waals surface area (Å²) in [5.74, 6) is -4.65. The molecule has 1 fully saturated rings. The van der Waals surface area contributed by atoms with Crippen LogP contribution in [0.5, 0.6) is 0 Å². The van der Waals surface area contributed by atoms with E-state index in [0.717, 1.165) is 0 Å². The van der Waals surface area contributed by atoms with Crippen LogP contribution in [0.15, 0.2) is 0 Å². The molecule has 0 aromatic carbocycles. The van der Waals surface area contributed by atoms with Gasteiger partial charge in [-0.25, -0.2) is 13.6 Å². The molecular formula is C12H19F2NO3. The van der Waals surface area contributed by atoms with Crippen molar-refractivity contribution in [3.05, 3.63) is 0 Å². The Morgan fingerprint density at radius 1 is 1.39 bits per heavy atom. The number of carboxylic acids is 1. The van der Waals surface area contributed by atoms with Crippen molar-refractivity contribution in [2.24, 2.45) is 5.92 Å². The van der Waals surface area contributed by atoms with E-state index in [4.69, 9.17) is 5.11 Å². The highest BCUT2D eigenvalue weighted by molar-refractivity contribution is 5.85. The molecule has 1 aliphatic rings. The molecule has 0 heterocycles. The van der Waals surface area contributed by atoms with Crippen molar-refractivity contribution in [2.75, 3.05) is 0 Å². The van der Waals surface area contributed by atoms with Crippen LogP contribution in [0.25, 0.3) is 0 Å². The molecule has 0 bridgehead atoms. The maximum absolute atomic E-state index is 12.9. The summed E-state index contributed by atoms with van der Waals surface area (Å²) in [6.45, 7) is 1.82. The Bertz CT molecular complexity index is 310. The fraction of sp³-hybridized carbons (Fsp3) is 0.833. The quantitative estimate of drug-likeness (QED) is 0.799. The van der Waals surface area contributed by atoms with E-state index in [2.05, 4.69) is 5.32 Å². The molecule has 1 atom stereocenters. The highest BCUT2D eigenvalue weighted by Gasteiger charge is 2.38. The Balaban J connectivity index is 2.47. The van der Waals surface area contributed by atoms with Crippen LogP contribution >= 0.6 is 0 Å². The van der Waals surface area contributed by atoms with Crippen LogP contribution in [0.3, 0.4) is 0 Å². The number of hydrogen-bond acceptors (Lipinski definition) is 2. The van der Waals surface area contributed by atoms with Crippen LogP contribution in [-0.4, -0.2) is 28.9 Å². The minimum Gasteiger partial charge on any atom is -0.480 e. The predicted octanol–water partition coefficient (Wildman–Crippen LogP) is 2.18. The lowest BCUT2D eigenvalue weighted by Gasteiger charge is -2.28. The van der Waals surface area contributed by atoms with Gasteiger partial charge in [0.2, 0.25) is 11.8 Å². The third-order valence-corrected chi connectivity index (χ3v) is 3.28. The second-order valence-electron chi connectivity index (χ2n) is 4.82. The van der Waals surface area contributed by atoms with Crippen LogP contribution < -0.4 is 5.32 Å². The number of aliphatic carboxylic acids is 1. The fourth-order valence-corrected chi connectivity index (χ4v) is 2.14. The molecule has 1 saturated carbocycles. The van der Waals surface area contributed by atoms with E-state index >= 15 is 0 Å². The molecule has 2 N–H and O–H groups in total. The summed E-state index contributed by atoms with van der Waals surface area (Å²) < 4.78 is 25.9. The zero-order valence-corrected chi connectivity index (χ0v) is 10.4. The predicted molar refractivity (Wildman–Crippen MR) is 61.4 cm³/mol. The van der Waals surface area contributed by atoms with Crippen LogP contribution in [0, 0.1) is 5.92 Å². The Morgan fingerprint density at radius 2 is 1.94 bits per heavy atom. The van der Waals surface area contributed by atoms with Gasteiger partial charge in [0.15, 0.2) is 0 Å². The molecule has 0 aromatic heterocycles. The first-order valence-electron chi connectivity index (χ1n) is 6.26. The Morgan fingerprint density at radius 3 is 2.39 bits per heavy atom. The van der Waals surface area contributed by atoms with E-state index in [-0.39, 0.29) is 25.7 Å². The number of amides is 1. The molecule has 6 heteroatoms. The average Bonchev–Trinajstić information content (AvgIpc) is 2.28. The van der Waals surface area contributed by atoms with E-state index < -0.39 is 29.8 Å². The summed E-state index contributed by atoms with van der Waals surface area (Å²) in [5, 5.41) is 11.3. The first kappa shape index (κ1) is 14.9.